The second-order valence-corrected chi connectivity index (χ2v) is 1.95. The van der Waals surface area contributed by atoms with Gasteiger partial charge in [-0.15, -0.1) is 0 Å². The van der Waals surface area contributed by atoms with Gasteiger partial charge < -0.3 is 16.8 Å². The van der Waals surface area contributed by atoms with Crippen LogP contribution in [0.1, 0.15) is 6.92 Å². The fraction of sp³-hybridized carbons (Fsp3) is 0.600. The van der Waals surface area contributed by atoms with Crippen LogP contribution >= 0.6 is 0 Å². The monoisotopic (exact) mass is 145 g/mol. The number of primary amides is 1. The number of nitrogens with one attached hydrogen (secondary N) is 1. The van der Waals surface area contributed by atoms with Crippen LogP contribution in [0, 0.1) is 0 Å². The number of hydrogen-bond donors (Lipinski definition) is 3. The van der Waals surface area contributed by atoms with Gasteiger partial charge in [0.1, 0.15) is 6.04 Å². The summed E-state index contributed by atoms with van der Waals surface area (Å²) in [5, 5.41) is 2.36. The summed E-state index contributed by atoms with van der Waals surface area (Å²) in [6.07, 6.45) is 0. The van der Waals surface area contributed by atoms with Gasteiger partial charge in [0.05, 0.1) is 0 Å². The van der Waals surface area contributed by atoms with E-state index in [0.29, 0.717) is 0 Å². The summed E-state index contributed by atoms with van der Waals surface area (Å²) in [5.74, 6) is -0.842. The molecular weight excluding hydrogens is 134 g/mol. The van der Waals surface area contributed by atoms with Crippen LogP contribution in [-0.2, 0) is 9.59 Å². The zero-order chi connectivity index (χ0) is 8.15. The van der Waals surface area contributed by atoms with E-state index in [1.165, 1.54) is 6.92 Å². The van der Waals surface area contributed by atoms with E-state index in [4.69, 9.17) is 11.5 Å². The molecule has 5 N–H and O–H groups in total. The third-order valence-corrected chi connectivity index (χ3v) is 0.936. The maximum atomic E-state index is 10.3. The van der Waals surface area contributed by atoms with Gasteiger partial charge in [-0.2, -0.15) is 0 Å². The summed E-state index contributed by atoms with van der Waals surface area (Å²) < 4.78 is 0. The van der Waals surface area contributed by atoms with Crippen LogP contribution in [0.3, 0.4) is 0 Å². The number of nitrogens with two attached hydrogens (primary N) is 2. The topological polar surface area (TPSA) is 98.2 Å². The van der Waals surface area contributed by atoms with Crippen LogP contribution in [0.5, 0.6) is 0 Å². The quantitative estimate of drug-likeness (QED) is 0.425. The van der Waals surface area contributed by atoms with Gasteiger partial charge in [0.25, 0.3) is 0 Å². The Labute approximate surface area is 58.8 Å². The summed E-state index contributed by atoms with van der Waals surface area (Å²) in [6, 6.07) is -0.788. The molecule has 0 bridgehead atoms. The SMILES string of the molecule is CC(=O)NCC(N)C(N)=O. The van der Waals surface area contributed by atoms with Crippen molar-refractivity contribution in [3.63, 3.8) is 0 Å². The standard InChI is InChI=1S/C5H11N3O2/c1-3(9)8-2-4(6)5(7)10/h4H,2,6H2,1H3,(H2,7,10)(H,8,9). The van der Waals surface area contributed by atoms with Crippen molar-refractivity contribution in [2.45, 2.75) is 13.0 Å². The lowest BCUT2D eigenvalue weighted by molar-refractivity contribution is -0.120. The Bertz CT molecular complexity index is 146. The Hall–Kier alpha value is -1.10. The van der Waals surface area contributed by atoms with Crippen LogP contribution in [0.4, 0.5) is 0 Å². The third kappa shape index (κ3) is 3.85. The molecule has 2 amide bonds. The maximum absolute atomic E-state index is 10.3. The third-order valence-electron chi connectivity index (χ3n) is 0.936. The molecule has 0 aliphatic heterocycles. The Morgan fingerprint density at radius 3 is 2.40 bits per heavy atom. The molecule has 5 heteroatoms. The number of rotatable bonds is 3. The van der Waals surface area contributed by atoms with Crippen molar-refractivity contribution in [3.8, 4) is 0 Å². The van der Waals surface area contributed by atoms with Gasteiger partial charge >= 0.3 is 0 Å². The molecule has 10 heavy (non-hydrogen) atoms. The van der Waals surface area contributed by atoms with Crippen LogP contribution < -0.4 is 16.8 Å². The van der Waals surface area contributed by atoms with E-state index in [1.807, 2.05) is 0 Å². The molecule has 0 aromatic rings. The number of carbonyl (C=O) groups is 2. The molecule has 1 unspecified atom stereocenters. The predicted octanol–water partition coefficient (Wildman–Crippen LogP) is -2.06. The van der Waals surface area contributed by atoms with Gasteiger partial charge in [0.2, 0.25) is 11.8 Å². The highest BCUT2D eigenvalue weighted by atomic mass is 16.2. The van der Waals surface area contributed by atoms with E-state index >= 15 is 0 Å². The Morgan fingerprint density at radius 1 is 1.60 bits per heavy atom. The van der Waals surface area contributed by atoms with Crippen LogP contribution in [0.25, 0.3) is 0 Å². The summed E-state index contributed by atoms with van der Waals surface area (Å²) in [6.45, 7) is 1.44. The lowest BCUT2D eigenvalue weighted by Crippen LogP contribution is -2.45. The lowest BCUT2D eigenvalue weighted by atomic mass is 10.3. The summed E-state index contributed by atoms with van der Waals surface area (Å²) in [7, 11) is 0. The lowest BCUT2D eigenvalue weighted by Gasteiger charge is -2.06. The van der Waals surface area contributed by atoms with E-state index in [9.17, 15) is 9.59 Å². The van der Waals surface area contributed by atoms with Crippen molar-refractivity contribution in [1.29, 1.82) is 0 Å². The highest BCUT2D eigenvalue weighted by Gasteiger charge is 2.07. The largest absolute Gasteiger partial charge is 0.368 e. The second kappa shape index (κ2) is 3.84. The molecule has 58 valence electrons. The first-order valence-corrected chi connectivity index (χ1v) is 2.83. The summed E-state index contributed by atoms with van der Waals surface area (Å²) in [5.41, 5.74) is 9.98. The molecule has 0 aromatic carbocycles. The van der Waals surface area contributed by atoms with E-state index in [2.05, 4.69) is 5.32 Å². The van der Waals surface area contributed by atoms with Crippen molar-refractivity contribution >= 4 is 11.8 Å². The maximum Gasteiger partial charge on any atom is 0.236 e. The molecule has 0 aromatic heterocycles. The van der Waals surface area contributed by atoms with Gasteiger partial charge in [0, 0.05) is 13.5 Å². The first-order chi connectivity index (χ1) is 4.54. The molecule has 0 saturated carbocycles. The van der Waals surface area contributed by atoms with Crippen LogP contribution in [0.15, 0.2) is 0 Å². The van der Waals surface area contributed by atoms with Gasteiger partial charge in [-0.25, -0.2) is 0 Å². The number of hydrogen-bond acceptors (Lipinski definition) is 3. The molecule has 1 atom stereocenters. The first kappa shape index (κ1) is 8.90. The van der Waals surface area contributed by atoms with Crippen LogP contribution in [0.2, 0.25) is 0 Å². The summed E-state index contributed by atoms with van der Waals surface area (Å²) >= 11 is 0. The smallest absolute Gasteiger partial charge is 0.236 e. The second-order valence-electron chi connectivity index (χ2n) is 1.95. The van der Waals surface area contributed by atoms with Gasteiger partial charge in [-0.05, 0) is 0 Å². The molecule has 0 aliphatic rings. The van der Waals surface area contributed by atoms with Crippen molar-refractivity contribution in [2.75, 3.05) is 6.54 Å². The molecule has 0 fully saturated rings. The van der Waals surface area contributed by atoms with Gasteiger partial charge in [0.15, 0.2) is 0 Å². The number of carbonyl (C=O) groups excluding carboxylic acids is 2. The fourth-order valence-electron chi connectivity index (χ4n) is 0.354. The molecule has 5 nitrogen and oxygen atoms in total. The van der Waals surface area contributed by atoms with Crippen LogP contribution in [-0.4, -0.2) is 24.4 Å². The van der Waals surface area contributed by atoms with E-state index in [1.54, 1.807) is 0 Å². The first-order valence-electron chi connectivity index (χ1n) is 2.83. The van der Waals surface area contributed by atoms with Crippen molar-refractivity contribution in [3.05, 3.63) is 0 Å². The predicted molar refractivity (Wildman–Crippen MR) is 35.9 cm³/mol. The number of amides is 2. The zero-order valence-corrected chi connectivity index (χ0v) is 5.76. The minimum atomic E-state index is -0.788. The Balaban J connectivity index is 3.49. The van der Waals surface area contributed by atoms with Crippen molar-refractivity contribution in [1.82, 2.24) is 5.32 Å². The van der Waals surface area contributed by atoms with E-state index in [-0.39, 0.29) is 12.5 Å². The summed E-state index contributed by atoms with van der Waals surface area (Å²) in [4.78, 5) is 20.5. The normalized spacial score (nSPS) is 12.2. The minimum Gasteiger partial charge on any atom is -0.368 e. The Morgan fingerprint density at radius 2 is 2.10 bits per heavy atom. The van der Waals surface area contributed by atoms with Gasteiger partial charge in [-0.3, -0.25) is 9.59 Å². The van der Waals surface area contributed by atoms with E-state index < -0.39 is 11.9 Å². The molecule has 0 saturated heterocycles. The highest BCUT2D eigenvalue weighted by molar-refractivity contribution is 5.81. The fourth-order valence-corrected chi connectivity index (χ4v) is 0.354. The van der Waals surface area contributed by atoms with Crippen molar-refractivity contribution < 1.29 is 9.59 Å². The molecule has 0 radical (unpaired) electrons. The van der Waals surface area contributed by atoms with Gasteiger partial charge in [-0.1, -0.05) is 0 Å². The van der Waals surface area contributed by atoms with E-state index in [0.717, 1.165) is 0 Å². The molecule has 0 aliphatic carbocycles. The molecule has 0 rings (SSSR count). The molecular formula is C5H11N3O2. The average molecular weight is 145 g/mol. The zero-order valence-electron chi connectivity index (χ0n) is 5.76. The minimum absolute atomic E-state index is 0.102. The molecule has 0 spiro atoms. The van der Waals surface area contributed by atoms with Crippen molar-refractivity contribution in [2.24, 2.45) is 11.5 Å². The Kier molecular flexibility index (Phi) is 3.42. The highest BCUT2D eigenvalue weighted by Crippen LogP contribution is 1.71. The molecule has 0 heterocycles. The average Bonchev–Trinajstić information content (AvgIpc) is 1.82.